The van der Waals surface area contributed by atoms with Crippen LogP contribution in [-0.2, 0) is 4.74 Å². The van der Waals surface area contributed by atoms with Crippen LogP contribution in [0.2, 0.25) is 0 Å². The summed E-state index contributed by atoms with van der Waals surface area (Å²) in [6, 6.07) is 13.6. The molecule has 0 heterocycles. The van der Waals surface area contributed by atoms with E-state index in [0.29, 0.717) is 48.8 Å². The quantitative estimate of drug-likeness (QED) is 0.193. The minimum atomic E-state index is -1.04. The van der Waals surface area contributed by atoms with Gasteiger partial charge in [-0.1, -0.05) is 37.3 Å². The topological polar surface area (TPSA) is 55.8 Å². The van der Waals surface area contributed by atoms with E-state index in [1.54, 1.807) is 38.1 Å². The minimum absolute atomic E-state index is 0.0222. The normalized spacial score (nSPS) is 22.8. The first-order chi connectivity index (χ1) is 21.2. The molecule has 3 aromatic rings. The molecule has 0 aliphatic heterocycles. The van der Waals surface area contributed by atoms with Crippen LogP contribution in [0.3, 0.4) is 0 Å². The van der Waals surface area contributed by atoms with Gasteiger partial charge in [0.25, 0.3) is 0 Å². The molecule has 0 aromatic heterocycles. The summed E-state index contributed by atoms with van der Waals surface area (Å²) in [6.07, 6.45) is 4.35. The molecular formula is C36H40F4O4. The maximum Gasteiger partial charge on any atom is 0.338 e. The number of esters is 1. The second kappa shape index (κ2) is 14.1. The van der Waals surface area contributed by atoms with Gasteiger partial charge in [-0.15, -0.1) is 0 Å². The maximum atomic E-state index is 14.8. The molecule has 0 amide bonds. The van der Waals surface area contributed by atoms with Crippen molar-refractivity contribution >= 4 is 5.97 Å². The van der Waals surface area contributed by atoms with Gasteiger partial charge in [-0.05, 0) is 117 Å². The van der Waals surface area contributed by atoms with Crippen LogP contribution >= 0.6 is 0 Å². The Kier molecular flexibility index (Phi) is 10.3. The fraction of sp³-hybridized carbons (Fsp3) is 0.472. The van der Waals surface area contributed by atoms with Crippen molar-refractivity contribution < 1.29 is 36.9 Å². The Bertz CT molecular complexity index is 1440. The molecule has 44 heavy (non-hydrogen) atoms. The van der Waals surface area contributed by atoms with Crippen molar-refractivity contribution in [2.24, 2.45) is 0 Å². The molecule has 0 saturated heterocycles. The van der Waals surface area contributed by atoms with Gasteiger partial charge >= 0.3 is 5.97 Å². The van der Waals surface area contributed by atoms with Gasteiger partial charge in [-0.25, -0.2) is 18.0 Å². The fourth-order valence-corrected chi connectivity index (χ4v) is 6.84. The van der Waals surface area contributed by atoms with E-state index in [1.165, 1.54) is 12.1 Å². The van der Waals surface area contributed by atoms with Crippen LogP contribution in [0.4, 0.5) is 17.6 Å². The number of rotatable bonds is 9. The van der Waals surface area contributed by atoms with Gasteiger partial charge in [0.2, 0.25) is 5.82 Å². The lowest BCUT2D eigenvalue weighted by atomic mass is 9.76. The van der Waals surface area contributed by atoms with Crippen LogP contribution in [-0.4, -0.2) is 23.8 Å². The molecule has 3 aromatic carbocycles. The highest BCUT2D eigenvalue weighted by Crippen LogP contribution is 2.42. The number of carbonyl (C=O) groups excluding carboxylic acids is 1. The van der Waals surface area contributed by atoms with E-state index in [9.17, 15) is 27.5 Å². The van der Waals surface area contributed by atoms with Crippen LogP contribution < -0.4 is 4.74 Å². The van der Waals surface area contributed by atoms with E-state index in [4.69, 9.17) is 9.47 Å². The summed E-state index contributed by atoms with van der Waals surface area (Å²) in [4.78, 5) is 12.9. The van der Waals surface area contributed by atoms with Gasteiger partial charge in [-0.3, -0.25) is 0 Å². The van der Waals surface area contributed by atoms with Crippen LogP contribution in [0.15, 0.2) is 48.5 Å². The lowest BCUT2D eigenvalue weighted by Gasteiger charge is -2.30. The van der Waals surface area contributed by atoms with Gasteiger partial charge < -0.3 is 14.6 Å². The van der Waals surface area contributed by atoms with Gasteiger partial charge in [0.1, 0.15) is 6.10 Å². The molecule has 2 fully saturated rings. The largest absolute Gasteiger partial charge is 0.491 e. The summed E-state index contributed by atoms with van der Waals surface area (Å²) < 4.78 is 69.4. The highest BCUT2D eigenvalue weighted by atomic mass is 19.2. The third-order valence-corrected chi connectivity index (χ3v) is 9.44. The first-order valence-electron chi connectivity index (χ1n) is 15.8. The van der Waals surface area contributed by atoms with Gasteiger partial charge in [0.05, 0.1) is 18.3 Å². The van der Waals surface area contributed by atoms with Crippen LogP contribution in [0, 0.1) is 23.3 Å². The molecule has 0 bridgehead atoms. The Morgan fingerprint density at radius 1 is 0.727 bits per heavy atom. The first kappa shape index (κ1) is 32.0. The summed E-state index contributed by atoms with van der Waals surface area (Å²) in [7, 11) is 0. The molecule has 1 unspecified atom stereocenters. The summed E-state index contributed by atoms with van der Waals surface area (Å²) in [5.41, 5.74) is 2.24. The molecular weight excluding hydrogens is 572 g/mol. The molecule has 1 N–H and O–H groups in total. The number of carbonyl (C=O) groups is 1. The molecule has 2 saturated carbocycles. The number of benzene rings is 3. The molecule has 1 atom stereocenters. The zero-order valence-corrected chi connectivity index (χ0v) is 25.3. The Balaban J connectivity index is 1.12. The Morgan fingerprint density at radius 2 is 1.27 bits per heavy atom. The fourth-order valence-electron chi connectivity index (χ4n) is 6.84. The zero-order valence-electron chi connectivity index (χ0n) is 25.3. The first-order valence-corrected chi connectivity index (χ1v) is 15.8. The summed E-state index contributed by atoms with van der Waals surface area (Å²) in [5, 5.41) is 9.93. The molecule has 0 radical (unpaired) electrons. The summed E-state index contributed by atoms with van der Waals surface area (Å²) in [5.74, 6) is -4.06. The summed E-state index contributed by atoms with van der Waals surface area (Å²) >= 11 is 0. The van der Waals surface area contributed by atoms with E-state index in [-0.39, 0.29) is 41.8 Å². The van der Waals surface area contributed by atoms with E-state index < -0.39 is 35.3 Å². The van der Waals surface area contributed by atoms with Crippen molar-refractivity contribution in [3.8, 4) is 5.75 Å². The van der Waals surface area contributed by atoms with E-state index >= 15 is 0 Å². The van der Waals surface area contributed by atoms with Crippen LogP contribution in [0.1, 0.15) is 128 Å². The molecule has 5 rings (SSSR count). The lowest BCUT2D eigenvalue weighted by Crippen LogP contribution is -2.24. The number of aliphatic hydroxyl groups is 1. The van der Waals surface area contributed by atoms with Crippen molar-refractivity contribution in [1.29, 1.82) is 0 Å². The van der Waals surface area contributed by atoms with Gasteiger partial charge in [-0.2, -0.15) is 4.39 Å². The van der Waals surface area contributed by atoms with Gasteiger partial charge in [0.15, 0.2) is 23.2 Å². The highest BCUT2D eigenvalue weighted by Gasteiger charge is 2.30. The predicted molar refractivity (Wildman–Crippen MR) is 160 cm³/mol. The van der Waals surface area contributed by atoms with Crippen LogP contribution in [0.5, 0.6) is 5.75 Å². The monoisotopic (exact) mass is 612 g/mol. The Hall–Kier alpha value is -3.39. The van der Waals surface area contributed by atoms with E-state index in [1.807, 2.05) is 12.1 Å². The second-order valence-electron chi connectivity index (χ2n) is 12.1. The van der Waals surface area contributed by atoms with E-state index in [0.717, 1.165) is 31.2 Å². The van der Waals surface area contributed by atoms with Gasteiger partial charge in [0, 0.05) is 5.56 Å². The highest BCUT2D eigenvalue weighted by molar-refractivity contribution is 5.89. The third-order valence-electron chi connectivity index (χ3n) is 9.44. The van der Waals surface area contributed by atoms with Crippen molar-refractivity contribution in [3.05, 3.63) is 99.6 Å². The predicted octanol–water partition coefficient (Wildman–Crippen LogP) is 9.41. The SMILES string of the molecule is CCOc1ccc(C2CCC(c3ccc(C(=O)OC4CCC(c5ccc(C(O)CC)c(F)c5F)CC4)cc3)CC2)c(F)c1F. The lowest BCUT2D eigenvalue weighted by molar-refractivity contribution is 0.0194. The smallest absolute Gasteiger partial charge is 0.338 e. The average Bonchev–Trinajstić information content (AvgIpc) is 3.05. The van der Waals surface area contributed by atoms with Crippen molar-refractivity contribution in [2.75, 3.05) is 6.61 Å². The molecule has 4 nitrogen and oxygen atoms in total. The number of ether oxygens (including phenoxy) is 2. The van der Waals surface area contributed by atoms with E-state index in [2.05, 4.69) is 0 Å². The van der Waals surface area contributed by atoms with Crippen molar-refractivity contribution in [2.45, 2.75) is 102 Å². The standard InChI is InChI=1S/C36H40F4O4/c1-3-30(41)29-18-17-27(32(37)34(29)39)24-13-15-26(16-14-24)44-36(42)25-11-7-22(8-12-25)21-5-9-23(10-6-21)28-19-20-31(43-4-2)35(40)33(28)38/h7-8,11-12,17-21,23-24,26,30,41H,3-6,9-10,13-16H2,1-2H3. The number of hydrogen-bond donors (Lipinski definition) is 1. The van der Waals surface area contributed by atoms with Crippen molar-refractivity contribution in [1.82, 2.24) is 0 Å². The molecule has 2 aliphatic carbocycles. The van der Waals surface area contributed by atoms with Crippen LogP contribution in [0.25, 0.3) is 0 Å². The average molecular weight is 613 g/mol. The molecule has 2 aliphatic rings. The zero-order chi connectivity index (χ0) is 31.4. The number of halogens is 4. The molecule has 236 valence electrons. The Morgan fingerprint density at radius 3 is 1.86 bits per heavy atom. The second-order valence-corrected chi connectivity index (χ2v) is 12.1. The summed E-state index contributed by atoms with van der Waals surface area (Å²) in [6.45, 7) is 3.70. The third kappa shape index (κ3) is 6.80. The number of hydrogen-bond acceptors (Lipinski definition) is 4. The maximum absolute atomic E-state index is 14.8. The molecule has 0 spiro atoms. The Labute approximate surface area is 256 Å². The van der Waals surface area contributed by atoms with Crippen molar-refractivity contribution in [3.63, 3.8) is 0 Å². The molecule has 8 heteroatoms. The number of aliphatic hydroxyl groups excluding tert-OH is 1. The minimum Gasteiger partial charge on any atom is -0.491 e.